The maximum absolute atomic E-state index is 11.8. The summed E-state index contributed by atoms with van der Waals surface area (Å²) in [7, 11) is -0.431. The minimum Gasteiger partial charge on any atom is -0.396 e. The highest BCUT2D eigenvalue weighted by Crippen LogP contribution is 2.13. The number of aliphatic hydroxyl groups excluding tert-OH is 1. The second-order valence-electron chi connectivity index (χ2n) is 4.28. The van der Waals surface area contributed by atoms with E-state index in [0.717, 1.165) is 28.8 Å². The molecule has 8 heteroatoms. The predicted molar refractivity (Wildman–Crippen MR) is 82.6 cm³/mol. The molecule has 0 amide bonds. The van der Waals surface area contributed by atoms with Crippen molar-refractivity contribution in [2.24, 2.45) is 0 Å². The van der Waals surface area contributed by atoms with Crippen LogP contribution in [0.1, 0.15) is 6.42 Å². The third-order valence-electron chi connectivity index (χ3n) is 2.51. The Morgan fingerprint density at radius 3 is 2.65 bits per heavy atom. The summed E-state index contributed by atoms with van der Waals surface area (Å²) in [6.07, 6.45) is 2.16. The van der Waals surface area contributed by atoms with Crippen LogP contribution in [0.25, 0.3) is 0 Å². The molecule has 1 aromatic heterocycles. The fourth-order valence-electron chi connectivity index (χ4n) is 1.37. The van der Waals surface area contributed by atoms with E-state index in [4.69, 9.17) is 5.11 Å². The first kappa shape index (κ1) is 17.2. The molecule has 114 valence electrons. The normalized spacial score (nSPS) is 11.8. The van der Waals surface area contributed by atoms with E-state index in [1.54, 1.807) is 23.9 Å². The van der Waals surface area contributed by atoms with Gasteiger partial charge in [0.1, 0.15) is 10.7 Å². The number of aromatic nitrogens is 1. The van der Waals surface area contributed by atoms with Crippen LogP contribution in [-0.4, -0.2) is 61.6 Å². The van der Waals surface area contributed by atoms with Crippen LogP contribution in [-0.2, 0) is 10.0 Å². The number of pyridine rings is 1. The molecular formula is C12H21N3O3S2. The monoisotopic (exact) mass is 319 g/mol. The third-order valence-corrected chi connectivity index (χ3v) is 5.38. The highest BCUT2D eigenvalue weighted by Gasteiger charge is 2.17. The van der Waals surface area contributed by atoms with Gasteiger partial charge in [-0.2, -0.15) is 11.8 Å². The summed E-state index contributed by atoms with van der Waals surface area (Å²) in [5.41, 5.74) is 0. The molecule has 0 unspecified atom stereocenters. The third kappa shape index (κ3) is 5.28. The number of sulfonamides is 1. The van der Waals surface area contributed by atoms with Gasteiger partial charge in [-0.3, -0.25) is 0 Å². The van der Waals surface area contributed by atoms with Crippen LogP contribution in [0, 0.1) is 0 Å². The number of thioether (sulfide) groups is 1. The van der Waals surface area contributed by atoms with E-state index in [9.17, 15) is 8.42 Å². The zero-order valence-corrected chi connectivity index (χ0v) is 13.4. The molecule has 0 aliphatic heterocycles. The quantitative estimate of drug-likeness (QED) is 0.657. The number of nitrogens with one attached hydrogen (secondary N) is 1. The highest BCUT2D eigenvalue weighted by atomic mass is 32.2. The van der Waals surface area contributed by atoms with Gasteiger partial charge >= 0.3 is 0 Å². The van der Waals surface area contributed by atoms with Crippen LogP contribution in [0.4, 0.5) is 5.82 Å². The first-order valence-corrected chi connectivity index (χ1v) is 8.89. The van der Waals surface area contributed by atoms with Crippen molar-refractivity contribution < 1.29 is 13.5 Å². The summed E-state index contributed by atoms with van der Waals surface area (Å²) >= 11 is 1.76. The van der Waals surface area contributed by atoms with Gasteiger partial charge in [0.25, 0.3) is 0 Å². The van der Waals surface area contributed by atoms with Gasteiger partial charge < -0.3 is 10.4 Å². The minimum atomic E-state index is -3.41. The van der Waals surface area contributed by atoms with Crippen molar-refractivity contribution in [3.63, 3.8) is 0 Å². The summed E-state index contributed by atoms with van der Waals surface area (Å²) in [6.45, 7) is 0.979. The lowest BCUT2D eigenvalue weighted by molar-refractivity contribution is 0.296. The highest BCUT2D eigenvalue weighted by molar-refractivity contribution is 7.99. The molecule has 20 heavy (non-hydrogen) atoms. The van der Waals surface area contributed by atoms with E-state index >= 15 is 0 Å². The maximum atomic E-state index is 11.8. The Morgan fingerprint density at radius 2 is 2.10 bits per heavy atom. The van der Waals surface area contributed by atoms with Crippen molar-refractivity contribution in [3.05, 3.63) is 18.3 Å². The van der Waals surface area contributed by atoms with Gasteiger partial charge in [-0.1, -0.05) is 0 Å². The van der Waals surface area contributed by atoms with Crippen LogP contribution in [0.15, 0.2) is 23.2 Å². The van der Waals surface area contributed by atoms with Crippen molar-refractivity contribution in [2.75, 3.05) is 44.1 Å². The molecule has 0 saturated carbocycles. The molecular weight excluding hydrogens is 298 g/mol. The summed E-state index contributed by atoms with van der Waals surface area (Å²) in [6, 6.07) is 3.21. The van der Waals surface area contributed by atoms with Gasteiger partial charge in [0.2, 0.25) is 10.0 Å². The molecule has 0 aliphatic carbocycles. The lowest BCUT2D eigenvalue weighted by atomic mass is 10.4. The van der Waals surface area contributed by atoms with Gasteiger partial charge in [0.15, 0.2) is 0 Å². The zero-order valence-electron chi connectivity index (χ0n) is 11.7. The molecule has 1 heterocycles. The van der Waals surface area contributed by atoms with Crippen molar-refractivity contribution in [2.45, 2.75) is 11.3 Å². The van der Waals surface area contributed by atoms with Crippen LogP contribution in [0.3, 0.4) is 0 Å². The maximum Gasteiger partial charge on any atom is 0.244 e. The summed E-state index contributed by atoms with van der Waals surface area (Å²) in [5, 5.41) is 11.8. The van der Waals surface area contributed by atoms with Crippen LogP contribution in [0.2, 0.25) is 0 Å². The number of nitrogens with zero attached hydrogens (tertiary/aromatic N) is 2. The van der Waals surface area contributed by atoms with E-state index in [1.807, 2.05) is 0 Å². The lowest BCUT2D eigenvalue weighted by Crippen LogP contribution is -2.22. The standard InChI is InChI=1S/C12H21N3O3S2/c1-15(2)20(17,18)11-4-5-12(14-10-11)13-6-9-19-8-3-7-16/h4-5,10,16H,3,6-9H2,1-2H3,(H,13,14). The second-order valence-corrected chi connectivity index (χ2v) is 7.66. The molecule has 0 aliphatic rings. The van der Waals surface area contributed by atoms with Crippen molar-refractivity contribution in [3.8, 4) is 0 Å². The number of aliphatic hydroxyl groups is 1. The van der Waals surface area contributed by atoms with Crippen LogP contribution < -0.4 is 5.32 Å². The van der Waals surface area contributed by atoms with Gasteiger partial charge in [0, 0.05) is 39.2 Å². The smallest absolute Gasteiger partial charge is 0.244 e. The van der Waals surface area contributed by atoms with Crippen LogP contribution in [0.5, 0.6) is 0 Å². The van der Waals surface area contributed by atoms with Crippen molar-refractivity contribution >= 4 is 27.6 Å². The van der Waals surface area contributed by atoms with Gasteiger partial charge in [-0.05, 0) is 24.3 Å². The van der Waals surface area contributed by atoms with E-state index in [1.165, 1.54) is 20.3 Å². The summed E-state index contributed by atoms with van der Waals surface area (Å²) in [5.74, 6) is 2.51. The van der Waals surface area contributed by atoms with E-state index in [0.29, 0.717) is 5.82 Å². The molecule has 6 nitrogen and oxygen atoms in total. The molecule has 0 spiro atoms. The largest absolute Gasteiger partial charge is 0.396 e. The fraction of sp³-hybridized carbons (Fsp3) is 0.583. The lowest BCUT2D eigenvalue weighted by Gasteiger charge is -2.11. The Morgan fingerprint density at radius 1 is 1.35 bits per heavy atom. The molecule has 0 bridgehead atoms. The Labute approximate surface area is 124 Å². The molecule has 1 rings (SSSR count). The summed E-state index contributed by atoms with van der Waals surface area (Å²) < 4.78 is 24.9. The average molecular weight is 319 g/mol. The van der Waals surface area contributed by atoms with E-state index in [-0.39, 0.29) is 11.5 Å². The molecule has 0 saturated heterocycles. The SMILES string of the molecule is CN(C)S(=O)(=O)c1ccc(NCCSCCCO)nc1. The van der Waals surface area contributed by atoms with Crippen LogP contribution >= 0.6 is 11.8 Å². The minimum absolute atomic E-state index is 0.186. The Balaban J connectivity index is 2.44. The Kier molecular flexibility index (Phi) is 7.28. The van der Waals surface area contributed by atoms with E-state index < -0.39 is 10.0 Å². The summed E-state index contributed by atoms with van der Waals surface area (Å²) in [4.78, 5) is 4.28. The molecule has 0 atom stereocenters. The first-order chi connectivity index (χ1) is 9.48. The molecule has 2 N–H and O–H groups in total. The zero-order chi connectivity index (χ0) is 15.0. The molecule has 1 aromatic rings. The van der Waals surface area contributed by atoms with Crippen molar-refractivity contribution in [1.82, 2.24) is 9.29 Å². The number of rotatable bonds is 9. The molecule has 0 fully saturated rings. The number of hydrogen-bond acceptors (Lipinski definition) is 6. The number of hydrogen-bond donors (Lipinski definition) is 2. The van der Waals surface area contributed by atoms with Gasteiger partial charge in [0.05, 0.1) is 0 Å². The molecule has 0 radical (unpaired) electrons. The fourth-order valence-corrected chi connectivity index (χ4v) is 3.00. The van der Waals surface area contributed by atoms with E-state index in [2.05, 4.69) is 10.3 Å². The second kappa shape index (κ2) is 8.46. The number of anilines is 1. The van der Waals surface area contributed by atoms with Gasteiger partial charge in [-0.25, -0.2) is 17.7 Å². The predicted octanol–water partition coefficient (Wildman–Crippen LogP) is 0.859. The molecule has 0 aromatic carbocycles. The Bertz CT molecular complexity index is 489. The average Bonchev–Trinajstić information content (AvgIpc) is 2.43. The Hall–Kier alpha value is -0.830. The van der Waals surface area contributed by atoms with Crippen molar-refractivity contribution in [1.29, 1.82) is 0 Å². The topological polar surface area (TPSA) is 82.5 Å². The first-order valence-electron chi connectivity index (χ1n) is 6.29. The van der Waals surface area contributed by atoms with Gasteiger partial charge in [-0.15, -0.1) is 0 Å².